The summed E-state index contributed by atoms with van der Waals surface area (Å²) in [5.74, 6) is -0.266. The van der Waals surface area contributed by atoms with Crippen LogP contribution in [0.2, 0.25) is 5.02 Å². The van der Waals surface area contributed by atoms with Crippen molar-refractivity contribution in [2.24, 2.45) is 5.73 Å². The zero-order chi connectivity index (χ0) is 14.5. The van der Waals surface area contributed by atoms with Crippen molar-refractivity contribution in [3.8, 4) is 0 Å². The molecule has 0 radical (unpaired) electrons. The Morgan fingerprint density at radius 2 is 1.95 bits per heavy atom. The van der Waals surface area contributed by atoms with E-state index in [0.717, 1.165) is 12.8 Å². The topological polar surface area (TPSA) is 35.2 Å². The standard InChI is InChI=1S/C15H23ClFNO/c1-4-15(5-2,19-6-3)14(18)10-11-9-12(16)7-8-13(11)17/h7-9,14H,4-6,10,18H2,1-3H3. The lowest BCUT2D eigenvalue weighted by Gasteiger charge is -2.37. The third kappa shape index (κ3) is 3.91. The largest absolute Gasteiger partial charge is 0.374 e. The van der Waals surface area contributed by atoms with Gasteiger partial charge < -0.3 is 10.5 Å². The zero-order valence-electron chi connectivity index (χ0n) is 11.9. The van der Waals surface area contributed by atoms with E-state index >= 15 is 0 Å². The molecule has 0 spiro atoms. The highest BCUT2D eigenvalue weighted by Gasteiger charge is 2.34. The Labute approximate surface area is 120 Å². The minimum absolute atomic E-state index is 0.254. The molecule has 0 bridgehead atoms. The Hall–Kier alpha value is -0.640. The molecule has 1 unspecified atom stereocenters. The molecule has 0 amide bonds. The van der Waals surface area contributed by atoms with Crippen LogP contribution >= 0.6 is 11.6 Å². The summed E-state index contributed by atoms with van der Waals surface area (Å²) in [6.07, 6.45) is 2.04. The summed E-state index contributed by atoms with van der Waals surface area (Å²) in [5.41, 5.74) is 6.42. The second-order valence-electron chi connectivity index (χ2n) is 4.75. The van der Waals surface area contributed by atoms with Gasteiger partial charge in [0.25, 0.3) is 0 Å². The summed E-state index contributed by atoms with van der Waals surface area (Å²) in [5, 5.41) is 0.526. The normalized spacial score (nSPS) is 13.6. The first kappa shape index (κ1) is 16.4. The van der Waals surface area contributed by atoms with Crippen LogP contribution in [0.1, 0.15) is 39.2 Å². The molecule has 1 aromatic carbocycles. The highest BCUT2D eigenvalue weighted by molar-refractivity contribution is 6.30. The molecule has 0 aromatic heterocycles. The van der Waals surface area contributed by atoms with Crippen LogP contribution in [-0.2, 0) is 11.2 Å². The summed E-state index contributed by atoms with van der Waals surface area (Å²) >= 11 is 5.90. The van der Waals surface area contributed by atoms with Crippen LogP contribution in [0.15, 0.2) is 18.2 Å². The summed E-state index contributed by atoms with van der Waals surface area (Å²) in [7, 11) is 0. The Morgan fingerprint density at radius 1 is 1.32 bits per heavy atom. The van der Waals surface area contributed by atoms with Gasteiger partial charge in [0, 0.05) is 17.7 Å². The van der Waals surface area contributed by atoms with Crippen molar-refractivity contribution in [3.63, 3.8) is 0 Å². The maximum atomic E-state index is 13.8. The van der Waals surface area contributed by atoms with Gasteiger partial charge in [0.1, 0.15) is 5.82 Å². The van der Waals surface area contributed by atoms with E-state index in [4.69, 9.17) is 22.1 Å². The molecule has 2 N–H and O–H groups in total. The second kappa shape index (κ2) is 7.22. The molecule has 4 heteroatoms. The van der Waals surface area contributed by atoms with Gasteiger partial charge in [-0.3, -0.25) is 0 Å². The summed E-state index contributed by atoms with van der Waals surface area (Å²) in [6, 6.07) is 4.31. The Kier molecular flexibility index (Phi) is 6.24. The average Bonchev–Trinajstić information content (AvgIpc) is 2.40. The fraction of sp³-hybridized carbons (Fsp3) is 0.600. The van der Waals surface area contributed by atoms with E-state index in [9.17, 15) is 4.39 Å². The van der Waals surface area contributed by atoms with Gasteiger partial charge in [0.2, 0.25) is 0 Å². The fourth-order valence-corrected chi connectivity index (χ4v) is 2.69. The second-order valence-corrected chi connectivity index (χ2v) is 5.19. The average molecular weight is 288 g/mol. The molecule has 1 atom stereocenters. The summed E-state index contributed by atoms with van der Waals surface area (Å²) in [6.45, 7) is 6.65. The quantitative estimate of drug-likeness (QED) is 0.824. The van der Waals surface area contributed by atoms with E-state index in [2.05, 4.69) is 0 Å². The zero-order valence-corrected chi connectivity index (χ0v) is 12.6. The molecule has 0 aliphatic carbocycles. The molecule has 19 heavy (non-hydrogen) atoms. The summed E-state index contributed by atoms with van der Waals surface area (Å²) < 4.78 is 19.6. The number of rotatable bonds is 7. The number of hydrogen-bond acceptors (Lipinski definition) is 2. The number of halogens is 2. The fourth-order valence-electron chi connectivity index (χ4n) is 2.50. The minimum atomic E-state index is -0.399. The highest BCUT2D eigenvalue weighted by Crippen LogP contribution is 2.27. The van der Waals surface area contributed by atoms with Crippen molar-refractivity contribution in [2.45, 2.75) is 51.7 Å². The number of nitrogens with two attached hydrogens (primary N) is 1. The van der Waals surface area contributed by atoms with Gasteiger partial charge in [-0.2, -0.15) is 0 Å². The lowest BCUT2D eigenvalue weighted by molar-refractivity contribution is -0.0634. The van der Waals surface area contributed by atoms with Crippen molar-refractivity contribution in [1.82, 2.24) is 0 Å². The van der Waals surface area contributed by atoms with Gasteiger partial charge in [-0.25, -0.2) is 4.39 Å². The van der Waals surface area contributed by atoms with E-state index in [-0.39, 0.29) is 11.9 Å². The minimum Gasteiger partial charge on any atom is -0.374 e. The molecule has 2 nitrogen and oxygen atoms in total. The molecule has 0 heterocycles. The van der Waals surface area contributed by atoms with E-state index < -0.39 is 5.60 Å². The first-order valence-corrected chi connectivity index (χ1v) is 7.20. The van der Waals surface area contributed by atoms with Crippen molar-refractivity contribution in [1.29, 1.82) is 0 Å². The van der Waals surface area contributed by atoms with Gasteiger partial charge in [0.05, 0.1) is 5.60 Å². The smallest absolute Gasteiger partial charge is 0.126 e. The molecule has 108 valence electrons. The van der Waals surface area contributed by atoms with Gasteiger partial charge >= 0.3 is 0 Å². The summed E-state index contributed by atoms with van der Waals surface area (Å²) in [4.78, 5) is 0. The Morgan fingerprint density at radius 3 is 2.47 bits per heavy atom. The molecule has 1 aromatic rings. The monoisotopic (exact) mass is 287 g/mol. The van der Waals surface area contributed by atoms with Crippen LogP contribution in [0.25, 0.3) is 0 Å². The van der Waals surface area contributed by atoms with Crippen molar-refractivity contribution < 1.29 is 9.13 Å². The van der Waals surface area contributed by atoms with E-state index in [1.54, 1.807) is 12.1 Å². The van der Waals surface area contributed by atoms with Gasteiger partial charge in [0.15, 0.2) is 0 Å². The third-order valence-corrected chi connectivity index (χ3v) is 3.99. The molecular weight excluding hydrogens is 265 g/mol. The molecule has 0 aliphatic rings. The first-order valence-electron chi connectivity index (χ1n) is 6.82. The molecule has 0 fully saturated rings. The predicted molar refractivity (Wildman–Crippen MR) is 78.0 cm³/mol. The predicted octanol–water partition coefficient (Wildman–Crippen LogP) is 3.94. The molecule has 0 saturated carbocycles. The number of benzene rings is 1. The molecular formula is C15H23ClFNO. The molecule has 0 saturated heterocycles. The molecule has 0 aliphatic heterocycles. The number of hydrogen-bond donors (Lipinski definition) is 1. The van der Waals surface area contributed by atoms with Crippen LogP contribution in [0.3, 0.4) is 0 Å². The highest BCUT2D eigenvalue weighted by atomic mass is 35.5. The van der Waals surface area contributed by atoms with Gasteiger partial charge in [-0.1, -0.05) is 25.4 Å². The maximum Gasteiger partial charge on any atom is 0.126 e. The first-order chi connectivity index (χ1) is 8.99. The maximum absolute atomic E-state index is 13.8. The van der Waals surface area contributed by atoms with Crippen molar-refractivity contribution >= 4 is 11.6 Å². The van der Waals surface area contributed by atoms with Crippen LogP contribution in [0, 0.1) is 5.82 Å². The lowest BCUT2D eigenvalue weighted by atomic mass is 9.85. The van der Waals surface area contributed by atoms with Crippen molar-refractivity contribution in [2.75, 3.05) is 6.61 Å². The molecule has 1 rings (SSSR count). The SMILES string of the molecule is CCOC(CC)(CC)C(N)Cc1cc(Cl)ccc1F. The third-order valence-electron chi connectivity index (χ3n) is 3.75. The Balaban J connectivity index is 2.92. The van der Waals surface area contributed by atoms with Crippen LogP contribution in [0.5, 0.6) is 0 Å². The van der Waals surface area contributed by atoms with Crippen LogP contribution in [-0.4, -0.2) is 18.2 Å². The van der Waals surface area contributed by atoms with E-state index in [1.165, 1.54) is 6.07 Å². The van der Waals surface area contributed by atoms with E-state index in [1.807, 2.05) is 20.8 Å². The van der Waals surface area contributed by atoms with Crippen molar-refractivity contribution in [3.05, 3.63) is 34.6 Å². The van der Waals surface area contributed by atoms with Crippen LogP contribution in [0.4, 0.5) is 4.39 Å². The Bertz CT molecular complexity index is 407. The lowest BCUT2D eigenvalue weighted by Crippen LogP contribution is -2.50. The van der Waals surface area contributed by atoms with Gasteiger partial charge in [-0.15, -0.1) is 0 Å². The number of ether oxygens (including phenoxy) is 1. The van der Waals surface area contributed by atoms with Gasteiger partial charge in [-0.05, 0) is 49.9 Å². The van der Waals surface area contributed by atoms with Crippen LogP contribution < -0.4 is 5.73 Å². The van der Waals surface area contributed by atoms with E-state index in [0.29, 0.717) is 23.6 Å².